The zero-order valence-electron chi connectivity index (χ0n) is 9.41. The van der Waals surface area contributed by atoms with Gasteiger partial charge in [0.2, 0.25) is 5.91 Å². The van der Waals surface area contributed by atoms with Gasteiger partial charge in [-0.05, 0) is 24.3 Å². The minimum Gasteiger partial charge on any atom is -0.492 e. The summed E-state index contributed by atoms with van der Waals surface area (Å²) in [4.78, 5) is 11.0. The molecule has 0 saturated carbocycles. The maximum atomic E-state index is 11.0. The van der Waals surface area contributed by atoms with Gasteiger partial charge in [0, 0.05) is 30.0 Å². The number of amides is 1. The lowest BCUT2D eigenvalue weighted by Gasteiger charge is -2.11. The van der Waals surface area contributed by atoms with Crippen LogP contribution in [0.25, 0.3) is 0 Å². The summed E-state index contributed by atoms with van der Waals surface area (Å²) in [5.41, 5.74) is 0. The van der Waals surface area contributed by atoms with Gasteiger partial charge >= 0.3 is 0 Å². The minimum atomic E-state index is 0.122. The Morgan fingerprint density at radius 1 is 1.41 bits per heavy atom. The third-order valence-electron chi connectivity index (χ3n) is 2.59. The van der Waals surface area contributed by atoms with Gasteiger partial charge in [-0.25, -0.2) is 0 Å². The van der Waals surface area contributed by atoms with Gasteiger partial charge < -0.3 is 15.4 Å². The zero-order valence-corrected chi connectivity index (χ0v) is 11.0. The molecule has 0 radical (unpaired) electrons. The summed E-state index contributed by atoms with van der Waals surface area (Å²) in [7, 11) is 0. The van der Waals surface area contributed by atoms with Gasteiger partial charge in [0.15, 0.2) is 0 Å². The Morgan fingerprint density at radius 3 is 2.82 bits per heavy atom. The summed E-state index contributed by atoms with van der Waals surface area (Å²) >= 11 is 3.37. The molecule has 2 N–H and O–H groups in total. The second kappa shape index (κ2) is 6.02. The van der Waals surface area contributed by atoms with Crippen molar-refractivity contribution in [2.75, 3.05) is 19.7 Å². The van der Waals surface area contributed by atoms with E-state index in [9.17, 15) is 4.79 Å². The van der Waals surface area contributed by atoms with Crippen molar-refractivity contribution >= 4 is 21.8 Å². The zero-order chi connectivity index (χ0) is 12.1. The number of halogens is 1. The molecule has 17 heavy (non-hydrogen) atoms. The Balaban J connectivity index is 1.63. The molecule has 1 aliphatic heterocycles. The van der Waals surface area contributed by atoms with Crippen LogP contribution in [0.15, 0.2) is 28.7 Å². The van der Waals surface area contributed by atoms with E-state index in [1.54, 1.807) is 0 Å². The predicted molar refractivity (Wildman–Crippen MR) is 69.1 cm³/mol. The third-order valence-corrected chi connectivity index (χ3v) is 3.12. The van der Waals surface area contributed by atoms with Gasteiger partial charge in [-0.1, -0.05) is 15.9 Å². The highest BCUT2D eigenvalue weighted by Gasteiger charge is 2.19. The molecule has 1 aromatic rings. The third kappa shape index (κ3) is 4.02. The van der Waals surface area contributed by atoms with E-state index in [0.29, 0.717) is 13.0 Å². The standard InChI is InChI=1S/C12H15BrN2O2/c13-9-1-3-11(4-2-9)17-6-5-14-10-7-12(16)15-8-10/h1-4,10,14H,5-8H2,(H,15,16). The summed E-state index contributed by atoms with van der Waals surface area (Å²) in [6, 6.07) is 7.98. The molecule has 1 aliphatic rings. The fourth-order valence-corrected chi connectivity index (χ4v) is 1.98. The normalized spacial score (nSPS) is 19.1. The molecule has 0 bridgehead atoms. The monoisotopic (exact) mass is 298 g/mol. The molecule has 1 aromatic carbocycles. The Hall–Kier alpha value is -1.07. The summed E-state index contributed by atoms with van der Waals surface area (Å²) in [5.74, 6) is 0.979. The van der Waals surface area contributed by atoms with Crippen molar-refractivity contribution in [1.82, 2.24) is 10.6 Å². The molecule has 1 saturated heterocycles. The number of rotatable bonds is 5. The van der Waals surface area contributed by atoms with Gasteiger partial charge in [0.1, 0.15) is 12.4 Å². The molecule has 4 nitrogen and oxygen atoms in total. The first kappa shape index (κ1) is 12.4. The molecule has 2 rings (SSSR count). The van der Waals surface area contributed by atoms with E-state index in [-0.39, 0.29) is 11.9 Å². The van der Waals surface area contributed by atoms with E-state index in [4.69, 9.17) is 4.74 Å². The average molecular weight is 299 g/mol. The summed E-state index contributed by atoms with van der Waals surface area (Å²) in [6.45, 7) is 2.07. The first-order valence-corrected chi connectivity index (χ1v) is 6.42. The second-order valence-corrected chi connectivity index (χ2v) is 4.88. The van der Waals surface area contributed by atoms with Crippen LogP contribution in [0.4, 0.5) is 0 Å². The van der Waals surface area contributed by atoms with Crippen molar-refractivity contribution in [3.8, 4) is 5.75 Å². The molecule has 1 fully saturated rings. The predicted octanol–water partition coefficient (Wildman–Crippen LogP) is 1.31. The number of hydrogen-bond acceptors (Lipinski definition) is 3. The quantitative estimate of drug-likeness (QED) is 0.806. The molecule has 1 unspecified atom stereocenters. The van der Waals surface area contributed by atoms with Crippen LogP contribution in [0.3, 0.4) is 0 Å². The van der Waals surface area contributed by atoms with Crippen molar-refractivity contribution in [2.45, 2.75) is 12.5 Å². The molecule has 0 aromatic heterocycles. The first-order valence-electron chi connectivity index (χ1n) is 5.62. The van der Waals surface area contributed by atoms with E-state index in [1.807, 2.05) is 24.3 Å². The molecule has 5 heteroatoms. The van der Waals surface area contributed by atoms with Gasteiger partial charge in [-0.15, -0.1) is 0 Å². The fraction of sp³-hybridized carbons (Fsp3) is 0.417. The van der Waals surface area contributed by atoms with Crippen LogP contribution in [0.2, 0.25) is 0 Å². The van der Waals surface area contributed by atoms with Crippen molar-refractivity contribution in [2.24, 2.45) is 0 Å². The van der Waals surface area contributed by atoms with Crippen LogP contribution in [0.5, 0.6) is 5.75 Å². The topological polar surface area (TPSA) is 50.4 Å². The van der Waals surface area contributed by atoms with Gasteiger partial charge in [0.25, 0.3) is 0 Å². The van der Waals surface area contributed by atoms with E-state index >= 15 is 0 Å². The molecule has 0 spiro atoms. The lowest BCUT2D eigenvalue weighted by atomic mass is 10.2. The maximum Gasteiger partial charge on any atom is 0.221 e. The Kier molecular flexibility index (Phi) is 4.39. The van der Waals surface area contributed by atoms with Gasteiger partial charge in [-0.3, -0.25) is 4.79 Å². The smallest absolute Gasteiger partial charge is 0.221 e. The number of hydrogen-bond donors (Lipinski definition) is 2. The summed E-state index contributed by atoms with van der Waals surface area (Å²) in [6.07, 6.45) is 0.568. The van der Waals surface area contributed by atoms with Crippen LogP contribution in [0, 0.1) is 0 Å². The largest absolute Gasteiger partial charge is 0.492 e. The van der Waals surface area contributed by atoms with E-state index in [1.165, 1.54) is 0 Å². The number of carbonyl (C=O) groups is 1. The molecule has 92 valence electrons. The number of benzene rings is 1. The van der Waals surface area contributed by atoms with Gasteiger partial charge in [0.05, 0.1) is 0 Å². The minimum absolute atomic E-state index is 0.122. The highest BCUT2D eigenvalue weighted by Crippen LogP contribution is 2.15. The molecule has 1 atom stereocenters. The van der Waals surface area contributed by atoms with Crippen molar-refractivity contribution in [3.05, 3.63) is 28.7 Å². The fourth-order valence-electron chi connectivity index (χ4n) is 1.71. The van der Waals surface area contributed by atoms with E-state index in [2.05, 4.69) is 26.6 Å². The SMILES string of the molecule is O=C1CC(NCCOc2ccc(Br)cc2)CN1. The van der Waals surface area contributed by atoms with Crippen molar-refractivity contribution in [1.29, 1.82) is 0 Å². The number of carbonyl (C=O) groups excluding carboxylic acids is 1. The first-order chi connectivity index (χ1) is 8.24. The molecule has 0 aliphatic carbocycles. The van der Waals surface area contributed by atoms with Crippen LogP contribution in [-0.2, 0) is 4.79 Å². The van der Waals surface area contributed by atoms with Crippen LogP contribution >= 0.6 is 15.9 Å². The van der Waals surface area contributed by atoms with Crippen molar-refractivity contribution < 1.29 is 9.53 Å². The second-order valence-electron chi connectivity index (χ2n) is 3.96. The summed E-state index contributed by atoms with van der Waals surface area (Å²) in [5, 5.41) is 6.06. The Morgan fingerprint density at radius 2 is 2.18 bits per heavy atom. The van der Waals surface area contributed by atoms with E-state index in [0.717, 1.165) is 23.3 Å². The highest BCUT2D eigenvalue weighted by molar-refractivity contribution is 9.10. The maximum absolute atomic E-state index is 11.0. The average Bonchev–Trinajstić information content (AvgIpc) is 2.73. The van der Waals surface area contributed by atoms with Crippen molar-refractivity contribution in [3.63, 3.8) is 0 Å². The molecule has 1 heterocycles. The number of ether oxygens (including phenoxy) is 1. The van der Waals surface area contributed by atoms with Crippen LogP contribution in [0.1, 0.15) is 6.42 Å². The highest BCUT2D eigenvalue weighted by atomic mass is 79.9. The molecular formula is C12H15BrN2O2. The molecular weight excluding hydrogens is 284 g/mol. The Labute approximate surface area is 109 Å². The lowest BCUT2D eigenvalue weighted by molar-refractivity contribution is -0.119. The lowest BCUT2D eigenvalue weighted by Crippen LogP contribution is -2.34. The number of nitrogens with one attached hydrogen (secondary N) is 2. The molecule has 1 amide bonds. The van der Waals surface area contributed by atoms with Crippen LogP contribution in [-0.4, -0.2) is 31.6 Å². The van der Waals surface area contributed by atoms with Crippen LogP contribution < -0.4 is 15.4 Å². The van der Waals surface area contributed by atoms with Gasteiger partial charge in [-0.2, -0.15) is 0 Å². The Bertz CT molecular complexity index is 381. The van der Waals surface area contributed by atoms with E-state index < -0.39 is 0 Å². The summed E-state index contributed by atoms with van der Waals surface area (Å²) < 4.78 is 6.60.